The summed E-state index contributed by atoms with van der Waals surface area (Å²) in [6.07, 6.45) is -5.90. The largest absolute Gasteiger partial charge is 0.507 e. The zero-order valence-electron chi connectivity index (χ0n) is 15.2. The Labute approximate surface area is 173 Å². The number of carbonyl (C=O) groups excluding carboxylic acids is 1. The van der Waals surface area contributed by atoms with E-state index in [0.717, 1.165) is 12.1 Å². The molecule has 6 nitrogen and oxygen atoms in total. The average molecular weight is 444 g/mol. The monoisotopic (exact) mass is 443 g/mol. The van der Waals surface area contributed by atoms with Gasteiger partial charge in [-0.2, -0.15) is 17.6 Å². The van der Waals surface area contributed by atoms with E-state index in [9.17, 15) is 22.4 Å². The minimum atomic E-state index is -4.83. The van der Waals surface area contributed by atoms with E-state index < -0.39 is 29.6 Å². The fourth-order valence-electron chi connectivity index (χ4n) is 3.03. The predicted molar refractivity (Wildman–Crippen MR) is 100 cm³/mol. The SMILES string of the molecule is O=C(Nc1ccc2c(c1)OC(F)(F)C(F)(F)O2)C1=CCN(c2ncccc2Cl)CC1. The Morgan fingerprint density at radius 2 is 1.87 bits per heavy atom. The number of nitrogens with one attached hydrogen (secondary N) is 1. The van der Waals surface area contributed by atoms with Gasteiger partial charge in [-0.3, -0.25) is 4.79 Å². The zero-order valence-corrected chi connectivity index (χ0v) is 15.9. The molecular formula is C19H14ClF4N3O3. The lowest BCUT2D eigenvalue weighted by Gasteiger charge is -2.32. The molecule has 0 unspecified atom stereocenters. The molecule has 2 aliphatic heterocycles. The Morgan fingerprint density at radius 3 is 2.53 bits per heavy atom. The number of ether oxygens (including phenoxy) is 2. The average Bonchev–Trinajstić information content (AvgIpc) is 2.69. The zero-order chi connectivity index (χ0) is 21.5. The van der Waals surface area contributed by atoms with Crippen molar-refractivity contribution < 1.29 is 31.8 Å². The van der Waals surface area contributed by atoms with Crippen molar-refractivity contribution in [3.63, 3.8) is 0 Å². The topological polar surface area (TPSA) is 63.7 Å². The van der Waals surface area contributed by atoms with E-state index in [-0.39, 0.29) is 5.69 Å². The summed E-state index contributed by atoms with van der Waals surface area (Å²) in [5.74, 6) is -0.990. The molecule has 3 heterocycles. The molecule has 4 rings (SSSR count). The first-order chi connectivity index (χ1) is 14.2. The number of anilines is 2. The molecule has 0 saturated heterocycles. The molecule has 2 aliphatic rings. The standard InChI is InChI=1S/C19H14ClF4N3O3/c20-13-2-1-7-25-16(13)27-8-5-11(6-9-27)17(28)26-12-3-4-14-15(10-12)30-19(23,24)18(21,22)29-14/h1-5,7,10H,6,8-9H2,(H,26,28). The number of alkyl halides is 4. The Hall–Kier alpha value is -3.01. The van der Waals surface area contributed by atoms with Gasteiger partial charge in [0.15, 0.2) is 11.5 Å². The van der Waals surface area contributed by atoms with E-state index in [2.05, 4.69) is 19.8 Å². The summed E-state index contributed by atoms with van der Waals surface area (Å²) in [5.41, 5.74) is 0.574. The van der Waals surface area contributed by atoms with Gasteiger partial charge in [0, 0.05) is 36.6 Å². The predicted octanol–water partition coefficient (Wildman–Crippen LogP) is 4.47. The van der Waals surface area contributed by atoms with E-state index >= 15 is 0 Å². The van der Waals surface area contributed by atoms with Crippen molar-refractivity contribution >= 4 is 29.0 Å². The highest BCUT2D eigenvalue weighted by Crippen LogP contribution is 2.47. The minimum absolute atomic E-state index is 0.0967. The van der Waals surface area contributed by atoms with Gasteiger partial charge >= 0.3 is 12.2 Å². The second-order valence-electron chi connectivity index (χ2n) is 6.59. The van der Waals surface area contributed by atoms with Crippen LogP contribution in [0, 0.1) is 0 Å². The van der Waals surface area contributed by atoms with Crippen LogP contribution in [0.5, 0.6) is 11.5 Å². The van der Waals surface area contributed by atoms with E-state index in [1.165, 1.54) is 6.07 Å². The molecule has 0 saturated carbocycles. The van der Waals surface area contributed by atoms with Crippen molar-refractivity contribution in [3.8, 4) is 11.5 Å². The molecule has 158 valence electrons. The molecule has 0 atom stereocenters. The fourth-order valence-corrected chi connectivity index (χ4v) is 3.28. The van der Waals surface area contributed by atoms with Crippen LogP contribution in [0.2, 0.25) is 5.02 Å². The third-order valence-corrected chi connectivity index (χ3v) is 4.85. The number of fused-ring (bicyclic) bond motifs is 1. The first-order valence-electron chi connectivity index (χ1n) is 8.80. The van der Waals surface area contributed by atoms with Crippen LogP contribution in [0.4, 0.5) is 29.1 Å². The van der Waals surface area contributed by atoms with Crippen LogP contribution in [0.1, 0.15) is 6.42 Å². The summed E-state index contributed by atoms with van der Waals surface area (Å²) >= 11 is 6.13. The van der Waals surface area contributed by atoms with Crippen LogP contribution < -0.4 is 19.7 Å². The first-order valence-corrected chi connectivity index (χ1v) is 9.18. The van der Waals surface area contributed by atoms with Crippen molar-refractivity contribution in [2.45, 2.75) is 18.6 Å². The molecule has 0 radical (unpaired) electrons. The molecule has 2 aromatic rings. The summed E-state index contributed by atoms with van der Waals surface area (Å²) in [4.78, 5) is 18.6. The molecule has 1 aromatic heterocycles. The van der Waals surface area contributed by atoms with Crippen LogP contribution in [-0.4, -0.2) is 36.2 Å². The number of pyridine rings is 1. The maximum absolute atomic E-state index is 13.3. The van der Waals surface area contributed by atoms with Crippen molar-refractivity contribution in [2.75, 3.05) is 23.3 Å². The van der Waals surface area contributed by atoms with Crippen molar-refractivity contribution in [1.29, 1.82) is 0 Å². The minimum Gasteiger partial charge on any atom is -0.421 e. The normalized spacial score (nSPS) is 19.1. The lowest BCUT2D eigenvalue weighted by molar-refractivity contribution is -0.391. The number of carbonyl (C=O) groups is 1. The van der Waals surface area contributed by atoms with E-state index in [1.807, 2.05) is 4.90 Å². The second kappa shape index (κ2) is 7.35. The highest BCUT2D eigenvalue weighted by Gasteiger charge is 2.65. The molecule has 0 fully saturated rings. The number of nitrogens with zero attached hydrogens (tertiary/aromatic N) is 2. The summed E-state index contributed by atoms with van der Waals surface area (Å²) in [7, 11) is 0. The molecule has 1 N–H and O–H groups in total. The van der Waals surface area contributed by atoms with Gasteiger partial charge in [-0.15, -0.1) is 0 Å². The lowest BCUT2D eigenvalue weighted by Crippen LogP contribution is -2.52. The summed E-state index contributed by atoms with van der Waals surface area (Å²) in [5, 5.41) is 3.04. The second-order valence-corrected chi connectivity index (χ2v) is 6.99. The van der Waals surface area contributed by atoms with Gasteiger partial charge in [0.05, 0.1) is 5.02 Å². The van der Waals surface area contributed by atoms with Gasteiger partial charge in [0.25, 0.3) is 5.91 Å². The quantitative estimate of drug-likeness (QED) is 0.709. The third kappa shape index (κ3) is 3.74. The maximum atomic E-state index is 13.3. The van der Waals surface area contributed by atoms with Gasteiger partial charge in [0.1, 0.15) is 5.82 Å². The molecule has 0 spiro atoms. The first kappa shape index (κ1) is 20.3. The van der Waals surface area contributed by atoms with Crippen molar-refractivity contribution in [1.82, 2.24) is 4.98 Å². The Kier molecular flexibility index (Phi) is 4.97. The number of rotatable bonds is 3. The number of aromatic nitrogens is 1. The number of amides is 1. The molecule has 1 amide bonds. The van der Waals surface area contributed by atoms with Crippen molar-refractivity contribution in [2.24, 2.45) is 0 Å². The molecule has 11 heteroatoms. The summed E-state index contributed by atoms with van der Waals surface area (Å²) in [6, 6.07) is 6.71. The highest BCUT2D eigenvalue weighted by molar-refractivity contribution is 6.32. The lowest BCUT2D eigenvalue weighted by atomic mass is 10.1. The van der Waals surface area contributed by atoms with E-state index in [0.29, 0.717) is 35.9 Å². The van der Waals surface area contributed by atoms with Gasteiger partial charge in [-0.25, -0.2) is 4.98 Å². The molecule has 1 aromatic carbocycles. The van der Waals surface area contributed by atoms with Gasteiger partial charge < -0.3 is 19.7 Å². The van der Waals surface area contributed by atoms with E-state index in [1.54, 1.807) is 24.4 Å². The Morgan fingerprint density at radius 1 is 1.13 bits per heavy atom. The molecule has 0 bridgehead atoms. The van der Waals surface area contributed by atoms with Gasteiger partial charge in [0.2, 0.25) is 0 Å². The Balaban J connectivity index is 1.45. The van der Waals surface area contributed by atoms with Crippen LogP contribution >= 0.6 is 11.6 Å². The van der Waals surface area contributed by atoms with Crippen LogP contribution in [0.25, 0.3) is 0 Å². The van der Waals surface area contributed by atoms with E-state index in [4.69, 9.17) is 11.6 Å². The van der Waals surface area contributed by atoms with Crippen molar-refractivity contribution in [3.05, 3.63) is 53.2 Å². The Bertz CT molecular complexity index is 1030. The number of halogens is 5. The summed E-state index contributed by atoms with van der Waals surface area (Å²) in [6.45, 7) is 0.903. The smallest absolute Gasteiger partial charge is 0.421 e. The highest BCUT2D eigenvalue weighted by atomic mass is 35.5. The van der Waals surface area contributed by atoms with Crippen LogP contribution in [0.15, 0.2) is 48.2 Å². The molecule has 30 heavy (non-hydrogen) atoms. The van der Waals surface area contributed by atoms with Gasteiger partial charge in [-0.1, -0.05) is 17.7 Å². The van der Waals surface area contributed by atoms with Crippen LogP contribution in [0.3, 0.4) is 0 Å². The van der Waals surface area contributed by atoms with Gasteiger partial charge in [-0.05, 0) is 30.7 Å². The number of hydrogen-bond acceptors (Lipinski definition) is 5. The summed E-state index contributed by atoms with van der Waals surface area (Å²) < 4.78 is 61.2. The third-order valence-electron chi connectivity index (χ3n) is 4.56. The van der Waals surface area contributed by atoms with Crippen LogP contribution in [-0.2, 0) is 4.79 Å². The molecular weight excluding hydrogens is 430 g/mol. The number of hydrogen-bond donors (Lipinski definition) is 1. The fraction of sp³-hybridized carbons (Fsp3) is 0.263. The molecule has 0 aliphatic carbocycles. The number of benzene rings is 1. The maximum Gasteiger partial charge on any atom is 0.507 e.